The molecule has 0 unspecified atom stereocenters. The van der Waals surface area contributed by atoms with Crippen molar-refractivity contribution in [3.05, 3.63) is 53.7 Å². The summed E-state index contributed by atoms with van der Waals surface area (Å²) in [5.74, 6) is 0.0632. The molecule has 2 aromatic heterocycles. The Hall–Kier alpha value is -2.73. The standard InChI is InChI=1S/C18H18N4O5S2/c23-17(20-24)16-12-19-18(28-16)21-7-9-22(10-8-21)29(25,26)14-5-3-13(4-6-14)15-2-1-11-27-15/h1-6,11-12,24H,7-10H2,(H,20,23). The zero-order valence-corrected chi connectivity index (χ0v) is 16.8. The molecular weight excluding hydrogens is 416 g/mol. The van der Waals surface area contributed by atoms with Gasteiger partial charge in [-0.3, -0.25) is 10.0 Å². The molecule has 1 aromatic carbocycles. The molecule has 3 aromatic rings. The molecule has 0 radical (unpaired) electrons. The van der Waals surface area contributed by atoms with Gasteiger partial charge in [0, 0.05) is 31.7 Å². The van der Waals surface area contributed by atoms with Crippen molar-refractivity contribution in [2.45, 2.75) is 4.90 Å². The Balaban J connectivity index is 1.43. The van der Waals surface area contributed by atoms with E-state index in [0.29, 0.717) is 37.1 Å². The fraction of sp³-hybridized carbons (Fsp3) is 0.222. The zero-order valence-electron chi connectivity index (χ0n) is 15.2. The molecule has 0 atom stereocenters. The van der Waals surface area contributed by atoms with Crippen LogP contribution in [0.15, 0.2) is 58.2 Å². The van der Waals surface area contributed by atoms with Gasteiger partial charge in [0.1, 0.15) is 10.6 Å². The summed E-state index contributed by atoms with van der Waals surface area (Å²) in [6, 6.07) is 10.2. The van der Waals surface area contributed by atoms with Gasteiger partial charge in [0.15, 0.2) is 5.13 Å². The first-order valence-electron chi connectivity index (χ1n) is 8.78. The highest BCUT2D eigenvalue weighted by Gasteiger charge is 2.29. The summed E-state index contributed by atoms with van der Waals surface area (Å²) < 4.78 is 32.7. The highest BCUT2D eigenvalue weighted by Crippen LogP contribution is 2.27. The van der Waals surface area contributed by atoms with Crippen molar-refractivity contribution in [1.29, 1.82) is 0 Å². The summed E-state index contributed by atoms with van der Waals surface area (Å²) in [7, 11) is -3.60. The van der Waals surface area contributed by atoms with Crippen molar-refractivity contribution in [2.75, 3.05) is 31.1 Å². The van der Waals surface area contributed by atoms with Crippen LogP contribution in [0.3, 0.4) is 0 Å². The number of furan rings is 1. The monoisotopic (exact) mass is 434 g/mol. The molecule has 0 spiro atoms. The predicted octanol–water partition coefficient (Wildman–Crippen LogP) is 2.03. The number of hydrogen-bond acceptors (Lipinski definition) is 8. The summed E-state index contributed by atoms with van der Waals surface area (Å²) >= 11 is 1.14. The second kappa shape index (κ2) is 7.95. The van der Waals surface area contributed by atoms with Gasteiger partial charge < -0.3 is 9.32 Å². The van der Waals surface area contributed by atoms with Gasteiger partial charge in [-0.1, -0.05) is 11.3 Å². The molecule has 9 nitrogen and oxygen atoms in total. The fourth-order valence-electron chi connectivity index (χ4n) is 3.07. The third-order valence-corrected chi connectivity index (χ3v) is 7.60. The van der Waals surface area contributed by atoms with Gasteiger partial charge in [0.05, 0.1) is 17.4 Å². The lowest BCUT2D eigenvalue weighted by molar-refractivity contribution is 0.0710. The predicted molar refractivity (Wildman–Crippen MR) is 106 cm³/mol. The minimum absolute atomic E-state index is 0.234. The summed E-state index contributed by atoms with van der Waals surface area (Å²) in [5.41, 5.74) is 2.39. The van der Waals surface area contributed by atoms with E-state index in [1.807, 2.05) is 11.0 Å². The maximum Gasteiger partial charge on any atom is 0.286 e. The van der Waals surface area contributed by atoms with Gasteiger partial charge in [-0.2, -0.15) is 4.31 Å². The number of nitrogens with one attached hydrogen (secondary N) is 1. The Kier molecular flexibility index (Phi) is 5.37. The molecule has 11 heteroatoms. The summed E-state index contributed by atoms with van der Waals surface area (Å²) in [6.07, 6.45) is 2.95. The lowest BCUT2D eigenvalue weighted by Gasteiger charge is -2.33. The number of amides is 1. The minimum Gasteiger partial charge on any atom is -0.464 e. The molecule has 1 amide bonds. The zero-order chi connectivity index (χ0) is 20.4. The first-order valence-corrected chi connectivity index (χ1v) is 11.0. The fourth-order valence-corrected chi connectivity index (χ4v) is 5.35. The molecule has 1 saturated heterocycles. The third kappa shape index (κ3) is 3.90. The Morgan fingerprint density at radius 3 is 2.48 bits per heavy atom. The molecule has 152 valence electrons. The Morgan fingerprint density at radius 1 is 1.14 bits per heavy atom. The number of anilines is 1. The van der Waals surface area contributed by atoms with E-state index < -0.39 is 15.9 Å². The average molecular weight is 434 g/mol. The molecule has 29 heavy (non-hydrogen) atoms. The number of thiazole rings is 1. The van der Waals surface area contributed by atoms with E-state index in [4.69, 9.17) is 9.62 Å². The Labute approximate surface area is 171 Å². The molecule has 1 aliphatic rings. The molecule has 0 saturated carbocycles. The topological polar surface area (TPSA) is 116 Å². The van der Waals surface area contributed by atoms with Crippen LogP contribution < -0.4 is 10.4 Å². The lowest BCUT2D eigenvalue weighted by atomic mass is 10.2. The van der Waals surface area contributed by atoms with Gasteiger partial charge in [0.25, 0.3) is 5.91 Å². The third-order valence-electron chi connectivity index (χ3n) is 4.63. The van der Waals surface area contributed by atoms with Crippen molar-refractivity contribution in [2.24, 2.45) is 0 Å². The van der Waals surface area contributed by atoms with Crippen LogP contribution in [-0.2, 0) is 10.0 Å². The number of aromatic nitrogens is 1. The number of sulfonamides is 1. The number of hydroxylamine groups is 1. The number of hydrogen-bond donors (Lipinski definition) is 2. The van der Waals surface area contributed by atoms with Crippen molar-refractivity contribution in [1.82, 2.24) is 14.8 Å². The van der Waals surface area contributed by atoms with Crippen LogP contribution in [0.1, 0.15) is 9.67 Å². The molecular formula is C18H18N4O5S2. The number of benzene rings is 1. The van der Waals surface area contributed by atoms with E-state index in [1.54, 1.807) is 42.1 Å². The van der Waals surface area contributed by atoms with E-state index in [1.165, 1.54) is 10.5 Å². The van der Waals surface area contributed by atoms with E-state index in [-0.39, 0.29) is 9.77 Å². The summed E-state index contributed by atoms with van der Waals surface area (Å²) in [6.45, 7) is 1.53. The first kappa shape index (κ1) is 19.6. The lowest BCUT2D eigenvalue weighted by Crippen LogP contribution is -2.48. The number of carbonyl (C=O) groups is 1. The molecule has 0 bridgehead atoms. The Bertz CT molecular complexity index is 1090. The van der Waals surface area contributed by atoms with Crippen LogP contribution in [0.4, 0.5) is 5.13 Å². The van der Waals surface area contributed by atoms with E-state index in [0.717, 1.165) is 16.9 Å². The van der Waals surface area contributed by atoms with Crippen molar-refractivity contribution >= 4 is 32.4 Å². The number of piperazine rings is 1. The second-order valence-electron chi connectivity index (χ2n) is 6.34. The summed E-state index contributed by atoms with van der Waals surface area (Å²) in [5, 5.41) is 9.31. The van der Waals surface area contributed by atoms with Crippen LogP contribution in [0, 0.1) is 0 Å². The number of nitrogens with zero attached hydrogens (tertiary/aromatic N) is 3. The molecule has 1 aliphatic heterocycles. The van der Waals surface area contributed by atoms with E-state index in [2.05, 4.69) is 4.98 Å². The van der Waals surface area contributed by atoms with Gasteiger partial charge in [0.2, 0.25) is 10.0 Å². The van der Waals surface area contributed by atoms with Gasteiger partial charge in [-0.15, -0.1) is 0 Å². The molecule has 4 rings (SSSR count). The van der Waals surface area contributed by atoms with Gasteiger partial charge in [-0.25, -0.2) is 18.9 Å². The Morgan fingerprint density at radius 2 is 1.86 bits per heavy atom. The van der Waals surface area contributed by atoms with Crippen molar-refractivity contribution in [3.8, 4) is 11.3 Å². The molecule has 0 aliphatic carbocycles. The normalized spacial score (nSPS) is 15.4. The van der Waals surface area contributed by atoms with Gasteiger partial charge >= 0.3 is 0 Å². The van der Waals surface area contributed by atoms with Crippen molar-refractivity contribution in [3.63, 3.8) is 0 Å². The summed E-state index contributed by atoms with van der Waals surface area (Å²) in [4.78, 5) is 18.1. The highest BCUT2D eigenvalue weighted by atomic mass is 32.2. The molecule has 2 N–H and O–H groups in total. The quantitative estimate of drug-likeness (QED) is 0.466. The van der Waals surface area contributed by atoms with Crippen LogP contribution in [0.5, 0.6) is 0 Å². The smallest absolute Gasteiger partial charge is 0.286 e. The maximum atomic E-state index is 13.0. The largest absolute Gasteiger partial charge is 0.464 e. The van der Waals surface area contributed by atoms with E-state index in [9.17, 15) is 13.2 Å². The number of rotatable bonds is 5. The number of carbonyl (C=O) groups excluding carboxylic acids is 1. The minimum atomic E-state index is -3.60. The average Bonchev–Trinajstić information content (AvgIpc) is 3.46. The second-order valence-corrected chi connectivity index (χ2v) is 9.29. The van der Waals surface area contributed by atoms with Crippen LogP contribution in [0.2, 0.25) is 0 Å². The SMILES string of the molecule is O=C(NO)c1cnc(N2CCN(S(=O)(=O)c3ccc(-c4ccco4)cc3)CC2)s1. The molecule has 1 fully saturated rings. The van der Waals surface area contributed by atoms with Crippen molar-refractivity contribution < 1.29 is 22.8 Å². The van der Waals surface area contributed by atoms with Crippen LogP contribution >= 0.6 is 11.3 Å². The maximum absolute atomic E-state index is 13.0. The van der Waals surface area contributed by atoms with Crippen LogP contribution in [0.25, 0.3) is 11.3 Å². The highest BCUT2D eigenvalue weighted by molar-refractivity contribution is 7.89. The van der Waals surface area contributed by atoms with E-state index >= 15 is 0 Å². The first-order chi connectivity index (χ1) is 14.0. The van der Waals surface area contributed by atoms with Crippen LogP contribution in [-0.4, -0.2) is 55.0 Å². The van der Waals surface area contributed by atoms with Gasteiger partial charge in [-0.05, 0) is 36.4 Å². The molecule has 3 heterocycles.